The number of hydrogen-bond acceptors (Lipinski definition) is 6. The molecule has 0 aromatic rings. The van der Waals surface area contributed by atoms with Gasteiger partial charge in [0.15, 0.2) is 0 Å². The molecule has 108 valence electrons. The predicted molar refractivity (Wildman–Crippen MR) is 65.8 cm³/mol. The molecule has 0 saturated carbocycles. The Balaban J connectivity index is 0. The highest BCUT2D eigenvalue weighted by molar-refractivity contribution is 5.73. The zero-order valence-electron chi connectivity index (χ0n) is 10.3. The number of carbonyl (C=O) groups is 2. The maximum absolute atomic E-state index is 10.0. The molecule has 0 spiro atoms. The normalized spacial score (nSPS) is 13.1. The second-order valence-electron chi connectivity index (χ2n) is 3.69. The van der Waals surface area contributed by atoms with Crippen LogP contribution in [0.25, 0.3) is 0 Å². The minimum atomic E-state index is -1.01. The molecule has 0 fully saturated rings. The van der Waals surface area contributed by atoms with E-state index >= 15 is 0 Å². The molecule has 0 aliphatic carbocycles. The number of carboxylic acid groups (broad SMARTS) is 2. The van der Waals surface area contributed by atoms with Crippen molar-refractivity contribution in [2.75, 3.05) is 13.2 Å². The second kappa shape index (κ2) is 12.2. The summed E-state index contributed by atoms with van der Waals surface area (Å²) in [5.74, 6) is -1.97. The van der Waals surface area contributed by atoms with E-state index in [0.29, 0.717) is 32.2 Å². The van der Waals surface area contributed by atoms with E-state index in [2.05, 4.69) is 0 Å². The van der Waals surface area contributed by atoms with Crippen molar-refractivity contribution < 1.29 is 24.9 Å². The highest BCUT2D eigenvalue weighted by atomic mass is 16.4. The fraction of sp³-hybridized carbons (Fsp3) is 0.800. The summed E-state index contributed by atoms with van der Waals surface area (Å²) in [6.07, 6.45) is 1.93. The molecule has 18 heavy (non-hydrogen) atoms. The summed E-state index contributed by atoms with van der Waals surface area (Å²) in [6, 6.07) is -1.56. The molecule has 0 heterocycles. The number of aliphatic carboxylic acids is 2. The maximum atomic E-state index is 10.0. The summed E-state index contributed by atoms with van der Waals surface area (Å²) < 4.78 is 0. The van der Waals surface area contributed by atoms with Gasteiger partial charge in [-0.3, -0.25) is 9.59 Å². The fourth-order valence-corrected chi connectivity index (χ4v) is 0.896. The first kappa shape index (κ1) is 19.1. The monoisotopic (exact) mass is 265 g/mol. The van der Waals surface area contributed by atoms with E-state index in [9.17, 15) is 9.59 Å². The van der Waals surface area contributed by atoms with Crippen molar-refractivity contribution in [3.8, 4) is 0 Å². The first-order valence-corrected chi connectivity index (χ1v) is 5.64. The molecule has 0 aromatic carbocycles. The highest BCUT2D eigenvalue weighted by Gasteiger charge is 2.09. The molecular formula is C10H23N3O5. The summed E-state index contributed by atoms with van der Waals surface area (Å²) in [5.41, 5.74) is 15.4. The molecule has 0 aliphatic rings. The third kappa shape index (κ3) is 12.8. The Morgan fingerprint density at radius 3 is 1.61 bits per heavy atom. The van der Waals surface area contributed by atoms with E-state index in [0.717, 1.165) is 0 Å². The molecule has 0 aliphatic heterocycles. The first-order valence-electron chi connectivity index (χ1n) is 5.64. The quantitative estimate of drug-likeness (QED) is 0.301. The van der Waals surface area contributed by atoms with Gasteiger partial charge < -0.3 is 32.5 Å². The van der Waals surface area contributed by atoms with Crippen molar-refractivity contribution >= 4 is 11.9 Å². The van der Waals surface area contributed by atoms with E-state index in [1.807, 2.05) is 0 Å². The summed E-state index contributed by atoms with van der Waals surface area (Å²) >= 11 is 0. The van der Waals surface area contributed by atoms with Crippen molar-refractivity contribution in [1.29, 1.82) is 0 Å². The molecule has 0 rings (SSSR count). The van der Waals surface area contributed by atoms with Crippen molar-refractivity contribution in [1.82, 2.24) is 0 Å². The van der Waals surface area contributed by atoms with Crippen LogP contribution in [-0.2, 0) is 9.59 Å². The van der Waals surface area contributed by atoms with Gasteiger partial charge in [-0.25, -0.2) is 0 Å². The van der Waals surface area contributed by atoms with Gasteiger partial charge in [-0.2, -0.15) is 0 Å². The smallest absolute Gasteiger partial charge is 0.320 e. The van der Waals surface area contributed by atoms with Crippen molar-refractivity contribution in [3.63, 3.8) is 0 Å². The van der Waals surface area contributed by atoms with Crippen LogP contribution >= 0.6 is 0 Å². The predicted octanol–water partition coefficient (Wildman–Crippen LogP) is -1.69. The van der Waals surface area contributed by atoms with Crippen molar-refractivity contribution in [3.05, 3.63) is 0 Å². The van der Waals surface area contributed by atoms with Crippen LogP contribution in [-0.4, -0.2) is 52.5 Å². The summed E-state index contributed by atoms with van der Waals surface area (Å²) in [5, 5.41) is 24.7. The maximum Gasteiger partial charge on any atom is 0.320 e. The lowest BCUT2D eigenvalue weighted by molar-refractivity contribution is -0.139. The molecule has 1 unspecified atom stereocenters. The van der Waals surface area contributed by atoms with Crippen LogP contribution < -0.4 is 17.2 Å². The molecule has 9 N–H and O–H groups in total. The van der Waals surface area contributed by atoms with Gasteiger partial charge in [0.05, 0.1) is 0 Å². The lowest BCUT2D eigenvalue weighted by Crippen LogP contribution is -2.30. The molecule has 0 amide bonds. The van der Waals surface area contributed by atoms with Crippen LogP contribution in [0.1, 0.15) is 25.7 Å². The highest BCUT2D eigenvalue weighted by Crippen LogP contribution is 1.92. The van der Waals surface area contributed by atoms with Gasteiger partial charge in [-0.15, -0.1) is 0 Å². The molecule has 2 atom stereocenters. The number of hydrogen-bond donors (Lipinski definition) is 6. The van der Waals surface area contributed by atoms with E-state index in [4.69, 9.17) is 32.5 Å². The van der Waals surface area contributed by atoms with Crippen LogP contribution in [0.5, 0.6) is 0 Å². The van der Waals surface area contributed by atoms with Gasteiger partial charge in [0, 0.05) is 6.61 Å². The van der Waals surface area contributed by atoms with Crippen LogP contribution in [0, 0.1) is 0 Å². The lowest BCUT2D eigenvalue weighted by Gasteiger charge is -2.02. The van der Waals surface area contributed by atoms with Gasteiger partial charge in [-0.05, 0) is 32.2 Å². The van der Waals surface area contributed by atoms with Crippen LogP contribution in [0.15, 0.2) is 0 Å². The summed E-state index contributed by atoms with van der Waals surface area (Å²) in [4.78, 5) is 20.0. The van der Waals surface area contributed by atoms with E-state index < -0.39 is 24.0 Å². The molecule has 8 heteroatoms. The fourth-order valence-electron chi connectivity index (χ4n) is 0.896. The zero-order chi connectivity index (χ0) is 14.6. The summed E-state index contributed by atoms with van der Waals surface area (Å²) in [7, 11) is 0. The standard InChI is InChI=1S/C5H12N2O2.C5H11NO3/c6-3-1-2-4(7)5(8)9;6-4(5(8)9)2-1-3-7/h4H,1-3,6-7H2,(H,8,9);4,7H,1-3,6H2,(H,8,9)/t4-;/m0./s1. The first-order chi connectivity index (χ1) is 8.36. The molecule has 0 bridgehead atoms. The Morgan fingerprint density at radius 1 is 0.944 bits per heavy atom. The topological polar surface area (TPSA) is 173 Å². The van der Waals surface area contributed by atoms with Crippen LogP contribution in [0.3, 0.4) is 0 Å². The molecule has 0 radical (unpaired) electrons. The Morgan fingerprint density at radius 2 is 1.33 bits per heavy atom. The van der Waals surface area contributed by atoms with Gasteiger partial charge in [0.1, 0.15) is 12.1 Å². The largest absolute Gasteiger partial charge is 0.480 e. The third-order valence-electron chi connectivity index (χ3n) is 2.03. The number of rotatable bonds is 8. The van der Waals surface area contributed by atoms with E-state index in [-0.39, 0.29) is 6.61 Å². The molecular weight excluding hydrogens is 242 g/mol. The Bertz CT molecular complexity index is 214. The van der Waals surface area contributed by atoms with Gasteiger partial charge in [0.2, 0.25) is 0 Å². The summed E-state index contributed by atoms with van der Waals surface area (Å²) in [6.45, 7) is 0.502. The average molecular weight is 265 g/mol. The lowest BCUT2D eigenvalue weighted by atomic mass is 10.2. The number of aliphatic hydroxyl groups excluding tert-OH is 1. The minimum absolute atomic E-state index is 0.000972. The van der Waals surface area contributed by atoms with Gasteiger partial charge in [0.25, 0.3) is 0 Å². The third-order valence-corrected chi connectivity index (χ3v) is 2.03. The number of carboxylic acids is 2. The number of nitrogens with two attached hydrogens (primary N) is 3. The van der Waals surface area contributed by atoms with Crippen molar-refractivity contribution in [2.24, 2.45) is 17.2 Å². The van der Waals surface area contributed by atoms with Gasteiger partial charge >= 0.3 is 11.9 Å². The van der Waals surface area contributed by atoms with Gasteiger partial charge in [-0.1, -0.05) is 0 Å². The van der Waals surface area contributed by atoms with Crippen LogP contribution in [0.2, 0.25) is 0 Å². The second-order valence-corrected chi connectivity index (χ2v) is 3.69. The van der Waals surface area contributed by atoms with E-state index in [1.54, 1.807) is 0 Å². The van der Waals surface area contributed by atoms with Crippen LogP contribution in [0.4, 0.5) is 0 Å². The Labute approximate surface area is 106 Å². The molecule has 0 saturated heterocycles. The minimum Gasteiger partial charge on any atom is -0.480 e. The Kier molecular flexibility index (Phi) is 13.0. The van der Waals surface area contributed by atoms with E-state index in [1.165, 1.54) is 0 Å². The van der Waals surface area contributed by atoms with Crippen molar-refractivity contribution in [2.45, 2.75) is 37.8 Å². The zero-order valence-corrected chi connectivity index (χ0v) is 10.3. The average Bonchev–Trinajstić information content (AvgIpc) is 2.33. The Hall–Kier alpha value is -1.22. The number of aliphatic hydroxyl groups is 1. The molecule has 8 nitrogen and oxygen atoms in total. The molecule has 0 aromatic heterocycles. The SMILES string of the molecule is NC(CCCO)C(=O)O.NCCC[C@H](N)C(=O)O.